The number of nitrogen functional groups attached to an aromatic ring is 1. The van der Waals surface area contributed by atoms with Gasteiger partial charge in [-0.05, 0) is 55.2 Å². The van der Waals surface area contributed by atoms with Crippen LogP contribution in [-0.4, -0.2) is 68.6 Å². The molecular formula is C38H35ClF9N9O5S. The minimum Gasteiger partial charge on any atom is -0.383 e. The monoisotopic (exact) mass is 935 g/mol. The van der Waals surface area contributed by atoms with Gasteiger partial charge in [0.25, 0.3) is 17.9 Å². The number of rotatable bonds is 15. The molecule has 7 rings (SSSR count). The minimum atomic E-state index is -4.52. The second-order valence-electron chi connectivity index (χ2n) is 15.1. The van der Waals surface area contributed by atoms with Gasteiger partial charge in [0.2, 0.25) is 15.9 Å². The molecule has 0 radical (unpaired) electrons. The Balaban J connectivity index is 1.40. The normalized spacial score (nSPS) is 17.9. The van der Waals surface area contributed by atoms with E-state index in [0.29, 0.717) is 10.7 Å². The van der Waals surface area contributed by atoms with Gasteiger partial charge in [-0.25, -0.2) is 31.0 Å². The Morgan fingerprint density at radius 2 is 1.83 bits per heavy atom. The van der Waals surface area contributed by atoms with E-state index in [1.165, 1.54) is 32.2 Å². The fraction of sp³-hybridized carbons (Fsp3) is 0.395. The molecule has 2 aliphatic carbocycles. The molecule has 0 bridgehead atoms. The topological polar surface area (TPSA) is 181 Å². The lowest BCUT2D eigenvalue weighted by atomic mass is 10.0. The molecule has 0 saturated heterocycles. The lowest BCUT2D eigenvalue weighted by molar-refractivity contribution is -0.146. The Morgan fingerprint density at radius 1 is 1.14 bits per heavy atom. The van der Waals surface area contributed by atoms with Crippen LogP contribution in [0.1, 0.15) is 72.1 Å². The quantitative estimate of drug-likeness (QED) is 0.0950. The Bertz CT molecular complexity index is 2830. The van der Waals surface area contributed by atoms with Gasteiger partial charge in [-0.2, -0.15) is 32.1 Å². The maximum atomic E-state index is 15.4. The summed E-state index contributed by atoms with van der Waals surface area (Å²) in [6, 6.07) is 3.19. The van der Waals surface area contributed by atoms with E-state index in [0.717, 1.165) is 33.7 Å². The van der Waals surface area contributed by atoms with E-state index >= 15 is 8.78 Å². The second kappa shape index (κ2) is 16.5. The number of benzene rings is 2. The zero-order chi connectivity index (χ0) is 46.1. The van der Waals surface area contributed by atoms with E-state index < -0.39 is 125 Å². The van der Waals surface area contributed by atoms with Gasteiger partial charge in [-0.1, -0.05) is 17.7 Å². The standard InChI is InChI=1S/C38H35ClF9N9O5S/c1-16(62-9-8-37(44,45)46)4-5-20-33(49)51-35(57(36(20)59)25-7-6-23(39)28-30(25)55(2)53-34(28)54-63(3,60)61)24(12-17-10-18(40)13-19(41)11-17)50-26(58)15-56-31-27(29(52-56)32(42)43)21-14-22(21)38(31,47)48/h4-7,10-11,13,16,21-22,24,32H,8-9,12,14-15,49H2,1-3H3,(H,50,58)(H,53,54)/b5-4-/t16?,21-,22+,24-/m0/s1. The van der Waals surface area contributed by atoms with Crippen LogP contribution in [-0.2, 0) is 45.5 Å². The lowest BCUT2D eigenvalue weighted by Gasteiger charge is -2.24. The number of fused-ring (bicyclic) bond motifs is 4. The zero-order valence-electron chi connectivity index (χ0n) is 33.0. The van der Waals surface area contributed by atoms with Crippen molar-refractivity contribution >= 4 is 56.1 Å². The smallest absolute Gasteiger partial charge is 0.383 e. The molecule has 14 nitrogen and oxygen atoms in total. The van der Waals surface area contributed by atoms with E-state index in [2.05, 4.69) is 25.2 Å². The van der Waals surface area contributed by atoms with Crippen molar-refractivity contribution in [3.8, 4) is 5.69 Å². The number of ether oxygens (including phenoxy) is 1. The summed E-state index contributed by atoms with van der Waals surface area (Å²) in [4.78, 5) is 33.2. The number of carbonyl (C=O) groups excluding carboxylic acids is 1. The number of nitrogens with two attached hydrogens (primary N) is 1. The highest BCUT2D eigenvalue weighted by Crippen LogP contribution is 2.68. The van der Waals surface area contributed by atoms with Crippen LogP contribution >= 0.6 is 11.6 Å². The summed E-state index contributed by atoms with van der Waals surface area (Å²) < 4.78 is 161. The number of anilines is 2. The number of nitrogens with one attached hydrogen (secondary N) is 2. The maximum Gasteiger partial charge on any atom is 0.391 e. The van der Waals surface area contributed by atoms with Gasteiger partial charge in [-0.3, -0.25) is 28.2 Å². The van der Waals surface area contributed by atoms with Crippen LogP contribution in [0, 0.1) is 17.6 Å². The van der Waals surface area contributed by atoms with Gasteiger partial charge in [0.1, 0.15) is 41.2 Å². The van der Waals surface area contributed by atoms with E-state index in [9.17, 15) is 48.7 Å². The van der Waals surface area contributed by atoms with Crippen LogP contribution in [0.25, 0.3) is 22.7 Å². The van der Waals surface area contributed by atoms with E-state index in [1.54, 1.807) is 0 Å². The summed E-state index contributed by atoms with van der Waals surface area (Å²) in [6.07, 6.45) is -7.56. The van der Waals surface area contributed by atoms with Crippen LogP contribution in [0.4, 0.5) is 51.1 Å². The van der Waals surface area contributed by atoms with Crippen LogP contribution in [0.2, 0.25) is 5.02 Å². The second-order valence-corrected chi connectivity index (χ2v) is 17.3. The molecule has 3 heterocycles. The first-order valence-corrected chi connectivity index (χ1v) is 21.0. The number of hydrogen-bond acceptors (Lipinski definition) is 9. The molecule has 4 N–H and O–H groups in total. The SMILES string of the molecule is CC(/C=C\c1c(N)nc([C@H](Cc2cc(F)cc(F)c2)NC(=O)Cn2nc(C(F)F)c3c2C(F)(F)[C@@H]2C[C@H]32)n(-c2ccc(Cl)c3c(NS(C)(=O)=O)nn(C)c23)c1=O)OCCC(F)(F)F. The van der Waals surface area contributed by atoms with Crippen molar-refractivity contribution in [3.63, 3.8) is 0 Å². The fourth-order valence-corrected chi connectivity index (χ4v) is 8.49. The number of sulfonamides is 1. The van der Waals surface area contributed by atoms with Gasteiger partial charge < -0.3 is 15.8 Å². The molecule has 2 aliphatic rings. The molecule has 338 valence electrons. The van der Waals surface area contributed by atoms with Crippen molar-refractivity contribution in [1.29, 1.82) is 0 Å². The van der Waals surface area contributed by atoms with E-state index in [1.807, 2.05) is 0 Å². The van der Waals surface area contributed by atoms with Crippen molar-refractivity contribution in [1.82, 2.24) is 34.4 Å². The summed E-state index contributed by atoms with van der Waals surface area (Å²) in [7, 11) is -2.63. The molecule has 5 aromatic rings. The number of hydrogen-bond donors (Lipinski definition) is 3. The number of amides is 1. The zero-order valence-corrected chi connectivity index (χ0v) is 34.5. The first-order chi connectivity index (χ1) is 29.3. The molecule has 0 aliphatic heterocycles. The first kappa shape index (κ1) is 45.4. The maximum absolute atomic E-state index is 15.4. The summed E-state index contributed by atoms with van der Waals surface area (Å²) in [5, 5.41) is 10.3. The molecule has 2 aromatic carbocycles. The first-order valence-electron chi connectivity index (χ1n) is 18.8. The van der Waals surface area contributed by atoms with Gasteiger partial charge in [0.05, 0.1) is 58.6 Å². The average Bonchev–Trinajstić information content (AvgIpc) is 3.69. The average molecular weight is 936 g/mol. The van der Waals surface area contributed by atoms with Crippen LogP contribution in [0.5, 0.6) is 0 Å². The Morgan fingerprint density at radius 3 is 2.46 bits per heavy atom. The number of aryl methyl sites for hydroxylation is 1. The third kappa shape index (κ3) is 9.23. The molecule has 4 atom stereocenters. The highest BCUT2D eigenvalue weighted by atomic mass is 35.5. The lowest BCUT2D eigenvalue weighted by Crippen LogP contribution is -2.39. The highest BCUT2D eigenvalue weighted by Gasteiger charge is 2.67. The van der Waals surface area contributed by atoms with Gasteiger partial charge in [-0.15, -0.1) is 0 Å². The molecule has 3 aromatic heterocycles. The van der Waals surface area contributed by atoms with E-state index in [4.69, 9.17) is 22.1 Å². The largest absolute Gasteiger partial charge is 0.391 e. The van der Waals surface area contributed by atoms with E-state index in [-0.39, 0.29) is 50.5 Å². The molecule has 25 heteroatoms. The number of carbonyl (C=O) groups is 1. The predicted molar refractivity (Wildman–Crippen MR) is 210 cm³/mol. The highest BCUT2D eigenvalue weighted by molar-refractivity contribution is 7.92. The Kier molecular flexibility index (Phi) is 11.9. The summed E-state index contributed by atoms with van der Waals surface area (Å²) >= 11 is 6.55. The van der Waals surface area contributed by atoms with Crippen LogP contribution in [0.3, 0.4) is 0 Å². The van der Waals surface area contributed by atoms with Crippen molar-refractivity contribution < 1.29 is 57.5 Å². The van der Waals surface area contributed by atoms with Crippen LogP contribution in [0.15, 0.2) is 41.2 Å². The molecule has 1 fully saturated rings. The third-order valence-corrected chi connectivity index (χ3v) is 11.3. The van der Waals surface area contributed by atoms with Crippen molar-refractivity contribution in [2.24, 2.45) is 13.0 Å². The molecular weight excluding hydrogens is 901 g/mol. The predicted octanol–water partition coefficient (Wildman–Crippen LogP) is 6.82. The Labute approximate surface area is 355 Å². The van der Waals surface area contributed by atoms with Gasteiger partial charge in [0, 0.05) is 31.0 Å². The summed E-state index contributed by atoms with van der Waals surface area (Å²) in [6.45, 7) is -0.428. The number of aromatic nitrogens is 6. The van der Waals surface area contributed by atoms with Crippen molar-refractivity contribution in [2.75, 3.05) is 23.3 Å². The molecule has 0 spiro atoms. The summed E-state index contributed by atoms with van der Waals surface area (Å²) in [5.74, 6) is -10.3. The minimum absolute atomic E-state index is 0.0309. The number of alkyl halides is 7. The molecule has 1 unspecified atom stereocenters. The third-order valence-electron chi connectivity index (χ3n) is 10.4. The summed E-state index contributed by atoms with van der Waals surface area (Å²) in [5.41, 5.74) is 2.48. The van der Waals surface area contributed by atoms with Crippen molar-refractivity contribution in [3.05, 3.63) is 97.3 Å². The fourth-order valence-electron chi connectivity index (χ4n) is 7.75. The van der Waals surface area contributed by atoms with Crippen molar-refractivity contribution in [2.45, 2.75) is 69.3 Å². The Hall–Kier alpha value is -5.62. The molecule has 63 heavy (non-hydrogen) atoms. The number of halogens is 10. The molecule has 1 amide bonds. The number of nitrogens with zero attached hydrogens (tertiary/aromatic N) is 6. The van der Waals surface area contributed by atoms with Crippen LogP contribution < -0.4 is 21.3 Å². The van der Waals surface area contributed by atoms with Gasteiger partial charge >= 0.3 is 6.18 Å². The molecule has 1 saturated carbocycles. The van der Waals surface area contributed by atoms with Gasteiger partial charge in [0.15, 0.2) is 5.82 Å².